The van der Waals surface area contributed by atoms with Crippen molar-refractivity contribution in [3.63, 3.8) is 0 Å². The summed E-state index contributed by atoms with van der Waals surface area (Å²) < 4.78 is 28.5. The maximum absolute atomic E-state index is 12.1. The Kier molecular flexibility index (Phi) is 6.65. The lowest BCUT2D eigenvalue weighted by atomic mass is 10.0. The molecule has 0 spiro atoms. The van der Waals surface area contributed by atoms with Gasteiger partial charge in [0.05, 0.1) is 0 Å². The number of hydrogen-bond acceptors (Lipinski definition) is 2. The van der Waals surface area contributed by atoms with E-state index in [4.69, 9.17) is 5.73 Å². The zero-order valence-electron chi connectivity index (χ0n) is 10.7. The Hall–Kier alpha value is -1.16. The van der Waals surface area contributed by atoms with Gasteiger partial charge in [0.25, 0.3) is 0 Å². The molecule has 2 N–H and O–H groups in total. The van der Waals surface area contributed by atoms with Crippen LogP contribution in [0.4, 0.5) is 8.78 Å². The van der Waals surface area contributed by atoms with Crippen molar-refractivity contribution in [1.29, 1.82) is 0 Å². The molecule has 18 heavy (non-hydrogen) atoms. The average Bonchev–Trinajstić information content (AvgIpc) is 2.34. The third-order valence-electron chi connectivity index (χ3n) is 2.88. The van der Waals surface area contributed by atoms with Crippen LogP contribution in [0.3, 0.4) is 0 Å². The average molecular weight is 257 g/mol. The van der Waals surface area contributed by atoms with E-state index in [-0.39, 0.29) is 11.8 Å². The minimum Gasteiger partial charge on any atom is -0.435 e. The third kappa shape index (κ3) is 5.45. The van der Waals surface area contributed by atoms with E-state index in [0.29, 0.717) is 0 Å². The summed E-state index contributed by atoms with van der Waals surface area (Å²) in [7, 11) is 0. The van der Waals surface area contributed by atoms with Crippen molar-refractivity contribution < 1.29 is 13.5 Å². The van der Waals surface area contributed by atoms with Crippen LogP contribution in [0.25, 0.3) is 0 Å². The number of nitrogens with two attached hydrogens (primary N) is 1. The highest BCUT2D eigenvalue weighted by Gasteiger charge is 2.09. The van der Waals surface area contributed by atoms with Gasteiger partial charge in [0.15, 0.2) is 0 Å². The molecule has 0 heterocycles. The molecule has 1 unspecified atom stereocenters. The molecule has 1 aromatic rings. The Morgan fingerprint density at radius 3 is 2.67 bits per heavy atom. The molecule has 0 aliphatic rings. The molecule has 1 rings (SSSR count). The van der Waals surface area contributed by atoms with Gasteiger partial charge < -0.3 is 10.5 Å². The van der Waals surface area contributed by atoms with Gasteiger partial charge in [-0.25, -0.2) is 0 Å². The summed E-state index contributed by atoms with van der Waals surface area (Å²) in [5.74, 6) is 0.173. The maximum atomic E-state index is 12.1. The molecule has 0 amide bonds. The fourth-order valence-corrected chi connectivity index (χ4v) is 1.88. The summed E-state index contributed by atoms with van der Waals surface area (Å²) in [5.41, 5.74) is 6.89. The van der Waals surface area contributed by atoms with Gasteiger partial charge in [-0.05, 0) is 24.1 Å². The van der Waals surface area contributed by atoms with E-state index >= 15 is 0 Å². The van der Waals surface area contributed by atoms with Crippen molar-refractivity contribution in [2.75, 3.05) is 0 Å². The van der Waals surface area contributed by atoms with Gasteiger partial charge in [-0.3, -0.25) is 0 Å². The molecule has 0 radical (unpaired) electrons. The van der Waals surface area contributed by atoms with Gasteiger partial charge in [-0.1, -0.05) is 44.7 Å². The van der Waals surface area contributed by atoms with E-state index in [1.165, 1.54) is 18.9 Å². The molecule has 0 fully saturated rings. The second kappa shape index (κ2) is 8.03. The van der Waals surface area contributed by atoms with Crippen LogP contribution in [-0.4, -0.2) is 6.61 Å². The van der Waals surface area contributed by atoms with Crippen molar-refractivity contribution >= 4 is 0 Å². The van der Waals surface area contributed by atoms with E-state index in [1.54, 1.807) is 12.1 Å². The predicted octanol–water partition coefficient (Wildman–Crippen LogP) is 4.26. The van der Waals surface area contributed by atoms with Crippen molar-refractivity contribution in [3.05, 3.63) is 29.8 Å². The second-order valence-corrected chi connectivity index (χ2v) is 4.41. The molecule has 2 nitrogen and oxygen atoms in total. The second-order valence-electron chi connectivity index (χ2n) is 4.41. The molecule has 0 saturated carbocycles. The summed E-state index contributed by atoms with van der Waals surface area (Å²) in [4.78, 5) is 0. The Morgan fingerprint density at radius 1 is 1.22 bits per heavy atom. The molecule has 0 aliphatic heterocycles. The van der Waals surface area contributed by atoms with Gasteiger partial charge in [0.2, 0.25) is 0 Å². The zero-order valence-corrected chi connectivity index (χ0v) is 10.7. The SMILES string of the molecule is CCCCCCC(N)c1cccc(OC(F)F)c1. The molecule has 0 bridgehead atoms. The topological polar surface area (TPSA) is 35.2 Å². The van der Waals surface area contributed by atoms with Crippen LogP contribution in [0.2, 0.25) is 0 Å². The number of unbranched alkanes of at least 4 members (excludes halogenated alkanes) is 3. The fourth-order valence-electron chi connectivity index (χ4n) is 1.88. The minimum absolute atomic E-state index is 0.108. The number of halogens is 2. The van der Waals surface area contributed by atoms with Gasteiger partial charge in [-0.15, -0.1) is 0 Å². The normalized spacial score (nSPS) is 12.7. The van der Waals surface area contributed by atoms with E-state index in [0.717, 1.165) is 24.8 Å². The summed E-state index contributed by atoms with van der Waals surface area (Å²) in [6.45, 7) is -0.633. The highest BCUT2D eigenvalue weighted by Crippen LogP contribution is 2.23. The lowest BCUT2D eigenvalue weighted by Crippen LogP contribution is -2.10. The molecule has 102 valence electrons. The van der Waals surface area contributed by atoms with Crippen LogP contribution in [0, 0.1) is 0 Å². The summed E-state index contributed by atoms with van der Waals surface area (Å²) in [6, 6.07) is 6.54. The standard InChI is InChI=1S/C14H21F2NO/c1-2-3-4-5-9-13(17)11-7-6-8-12(10-11)18-14(15)16/h6-8,10,13-14H,2-5,9,17H2,1H3. The van der Waals surface area contributed by atoms with Gasteiger partial charge in [0, 0.05) is 6.04 Å². The predicted molar refractivity (Wildman–Crippen MR) is 68.8 cm³/mol. The first-order chi connectivity index (χ1) is 8.63. The Morgan fingerprint density at radius 2 is 2.00 bits per heavy atom. The molecule has 0 aliphatic carbocycles. The van der Waals surface area contributed by atoms with E-state index in [2.05, 4.69) is 11.7 Å². The highest BCUT2D eigenvalue weighted by atomic mass is 19.3. The monoisotopic (exact) mass is 257 g/mol. The lowest BCUT2D eigenvalue weighted by molar-refractivity contribution is -0.0499. The number of ether oxygens (including phenoxy) is 1. The minimum atomic E-state index is -2.79. The Labute approximate surface area is 107 Å². The molecule has 1 aromatic carbocycles. The van der Waals surface area contributed by atoms with Crippen LogP contribution >= 0.6 is 0 Å². The van der Waals surface area contributed by atoms with E-state index < -0.39 is 6.61 Å². The first kappa shape index (κ1) is 14.9. The Bertz CT molecular complexity index is 344. The summed E-state index contributed by atoms with van der Waals surface area (Å²) in [6.07, 6.45) is 5.50. The lowest BCUT2D eigenvalue weighted by Gasteiger charge is -2.13. The van der Waals surface area contributed by atoms with Crippen molar-refractivity contribution in [2.45, 2.75) is 51.7 Å². The van der Waals surface area contributed by atoms with Gasteiger partial charge in [0.1, 0.15) is 5.75 Å². The van der Waals surface area contributed by atoms with Crippen LogP contribution < -0.4 is 10.5 Å². The molecule has 0 aromatic heterocycles. The molecule has 0 saturated heterocycles. The Balaban J connectivity index is 2.48. The third-order valence-corrected chi connectivity index (χ3v) is 2.88. The summed E-state index contributed by atoms with van der Waals surface area (Å²) in [5, 5.41) is 0. The largest absolute Gasteiger partial charge is 0.435 e. The van der Waals surface area contributed by atoms with Crippen molar-refractivity contribution in [3.8, 4) is 5.75 Å². The maximum Gasteiger partial charge on any atom is 0.387 e. The van der Waals surface area contributed by atoms with Crippen LogP contribution in [-0.2, 0) is 0 Å². The van der Waals surface area contributed by atoms with E-state index in [1.807, 2.05) is 6.07 Å². The van der Waals surface area contributed by atoms with Gasteiger partial charge in [-0.2, -0.15) is 8.78 Å². The highest BCUT2D eigenvalue weighted by molar-refractivity contribution is 5.30. The van der Waals surface area contributed by atoms with Crippen LogP contribution in [0.1, 0.15) is 50.6 Å². The van der Waals surface area contributed by atoms with E-state index in [9.17, 15) is 8.78 Å². The number of rotatable bonds is 8. The number of hydrogen-bond donors (Lipinski definition) is 1. The number of benzene rings is 1. The summed E-state index contributed by atoms with van der Waals surface area (Å²) >= 11 is 0. The molecule has 4 heteroatoms. The molecular weight excluding hydrogens is 236 g/mol. The smallest absolute Gasteiger partial charge is 0.387 e. The fraction of sp³-hybridized carbons (Fsp3) is 0.571. The van der Waals surface area contributed by atoms with Crippen molar-refractivity contribution in [2.24, 2.45) is 5.73 Å². The van der Waals surface area contributed by atoms with Crippen LogP contribution in [0.15, 0.2) is 24.3 Å². The molecule has 1 atom stereocenters. The quantitative estimate of drug-likeness (QED) is 0.706. The zero-order chi connectivity index (χ0) is 13.4. The van der Waals surface area contributed by atoms with Crippen molar-refractivity contribution in [1.82, 2.24) is 0 Å². The molecular formula is C14H21F2NO. The van der Waals surface area contributed by atoms with Gasteiger partial charge >= 0.3 is 6.61 Å². The number of alkyl halides is 2. The van der Waals surface area contributed by atoms with Crippen LogP contribution in [0.5, 0.6) is 5.75 Å². The first-order valence-electron chi connectivity index (χ1n) is 6.43. The first-order valence-corrected chi connectivity index (χ1v) is 6.43.